The molecule has 2 aliphatic heterocycles. The zero-order chi connectivity index (χ0) is 26.7. The van der Waals surface area contributed by atoms with E-state index in [0.717, 1.165) is 5.41 Å². The van der Waals surface area contributed by atoms with Gasteiger partial charge in [-0.15, -0.1) is 0 Å². The molecule has 0 fully saturated rings. The van der Waals surface area contributed by atoms with Gasteiger partial charge in [-0.1, -0.05) is 35.9 Å². The van der Waals surface area contributed by atoms with Crippen LogP contribution < -0.4 is 10.1 Å². The van der Waals surface area contributed by atoms with Crippen LogP contribution in [-0.4, -0.2) is 48.9 Å². The molecule has 192 valence electrons. The molecule has 2 heterocycles. The van der Waals surface area contributed by atoms with Crippen molar-refractivity contribution in [1.29, 1.82) is 0 Å². The van der Waals surface area contributed by atoms with Gasteiger partial charge in [0.05, 0.1) is 27.3 Å². The number of fused-ring (bicyclic) bond motifs is 6. The first-order valence-corrected chi connectivity index (χ1v) is 13.4. The normalized spacial score (nSPS) is 23.6. The number of aromatic hydroxyl groups is 1. The lowest BCUT2D eigenvalue weighted by molar-refractivity contribution is -0.0425. The second kappa shape index (κ2) is 8.83. The van der Waals surface area contributed by atoms with Crippen LogP contribution in [0, 0.1) is 5.92 Å². The van der Waals surface area contributed by atoms with Crippen molar-refractivity contribution in [2.45, 2.75) is 11.7 Å². The van der Waals surface area contributed by atoms with E-state index < -0.39 is 39.3 Å². The molecule has 5 rings (SSSR count). The van der Waals surface area contributed by atoms with Crippen LogP contribution in [0.3, 0.4) is 0 Å². The summed E-state index contributed by atoms with van der Waals surface area (Å²) in [4.78, 5) is 26.0. The number of phenolic OH excluding ortho intramolecular Hbond substituents is 1. The molecule has 3 N–H and O–H groups in total. The van der Waals surface area contributed by atoms with E-state index in [2.05, 4.69) is 11.9 Å². The molecule has 3 unspecified atom stereocenters. The minimum absolute atomic E-state index is 0.0133. The third kappa shape index (κ3) is 4.05. The minimum atomic E-state index is -3.51. The number of rotatable bonds is 5. The summed E-state index contributed by atoms with van der Waals surface area (Å²) in [5.74, 6) is -2.68. The summed E-state index contributed by atoms with van der Waals surface area (Å²) in [6, 6.07) is 7.04. The van der Waals surface area contributed by atoms with Gasteiger partial charge in [0.15, 0.2) is 15.4 Å². The maximum atomic E-state index is 13.1. The number of ether oxygens (including phenoxy) is 2. The zero-order valence-electron chi connectivity index (χ0n) is 18.9. The average molecular weight is 564 g/mol. The Hall–Kier alpha value is -3.47. The van der Waals surface area contributed by atoms with E-state index in [9.17, 15) is 28.2 Å². The second-order valence-electron chi connectivity index (χ2n) is 8.65. The summed E-state index contributed by atoms with van der Waals surface area (Å²) in [6.07, 6.45) is 2.02. The quantitative estimate of drug-likeness (QED) is 0.468. The fraction of sp³-hybridized carbons (Fsp3) is 0.200. The van der Waals surface area contributed by atoms with E-state index in [4.69, 9.17) is 32.7 Å². The number of aliphatic hydroxyl groups excluding tert-OH is 1. The number of sulfone groups is 1. The highest BCUT2D eigenvalue weighted by atomic mass is 35.5. The summed E-state index contributed by atoms with van der Waals surface area (Å²) in [5.41, 5.74) is -0.604. The third-order valence-corrected chi connectivity index (χ3v) is 8.41. The molecular formula is C25H19Cl2NO8S. The van der Waals surface area contributed by atoms with Crippen LogP contribution in [0.1, 0.15) is 31.8 Å². The number of carbonyl (C=O) groups excluding carboxylic acids is 2. The number of amides is 1. The lowest BCUT2D eigenvalue weighted by Crippen LogP contribution is -2.48. The second-order valence-corrected chi connectivity index (χ2v) is 11.5. The van der Waals surface area contributed by atoms with Crippen LogP contribution in [0.25, 0.3) is 0 Å². The Morgan fingerprint density at radius 3 is 2.65 bits per heavy atom. The molecule has 1 aliphatic carbocycles. The predicted octanol–water partition coefficient (Wildman–Crippen LogP) is 3.70. The van der Waals surface area contributed by atoms with E-state index in [0.29, 0.717) is 11.1 Å². The maximum Gasteiger partial charge on any atom is 0.339 e. The lowest BCUT2D eigenvalue weighted by Gasteiger charge is -2.45. The number of benzene rings is 2. The molecule has 0 saturated carbocycles. The van der Waals surface area contributed by atoms with Crippen molar-refractivity contribution in [1.82, 2.24) is 5.32 Å². The standard InChI is InChI=1S/C25H19Cl2NO8S/c1-2-37(33,34)6-5-28-23(31)12-3-4-13-14(7-12)25(36-24(13)32)15-8-17(26)19(29)10-21(15)35-22-11-20(30)18(27)9-16(22)25/h2-4,7-11,15,21,29-30H,1,5-6H2,(H,28,31). The number of halogens is 2. The van der Waals surface area contributed by atoms with Crippen LogP contribution in [0.4, 0.5) is 0 Å². The molecule has 0 aromatic heterocycles. The molecule has 3 aliphatic rings. The molecule has 0 radical (unpaired) electrons. The molecule has 1 spiro atoms. The topological polar surface area (TPSA) is 139 Å². The van der Waals surface area contributed by atoms with Gasteiger partial charge in [-0.3, -0.25) is 4.79 Å². The number of esters is 1. The van der Waals surface area contributed by atoms with Gasteiger partial charge in [-0.05, 0) is 24.3 Å². The van der Waals surface area contributed by atoms with E-state index in [-0.39, 0.29) is 50.7 Å². The zero-order valence-corrected chi connectivity index (χ0v) is 21.2. The fourth-order valence-corrected chi connectivity index (χ4v) is 5.67. The highest BCUT2D eigenvalue weighted by Gasteiger charge is 2.59. The van der Waals surface area contributed by atoms with Crippen LogP contribution in [-0.2, 0) is 20.2 Å². The monoisotopic (exact) mass is 563 g/mol. The smallest absolute Gasteiger partial charge is 0.339 e. The highest BCUT2D eigenvalue weighted by Crippen LogP contribution is 2.57. The Balaban J connectivity index is 1.64. The Morgan fingerprint density at radius 2 is 1.92 bits per heavy atom. The first-order valence-electron chi connectivity index (χ1n) is 11.0. The number of phenols is 1. The Kier molecular flexibility index (Phi) is 6.01. The van der Waals surface area contributed by atoms with Crippen molar-refractivity contribution >= 4 is 44.9 Å². The van der Waals surface area contributed by atoms with Gasteiger partial charge in [-0.25, -0.2) is 13.2 Å². The molecule has 1 amide bonds. The van der Waals surface area contributed by atoms with E-state index in [1.165, 1.54) is 42.5 Å². The molecule has 9 nitrogen and oxygen atoms in total. The number of nitrogens with one attached hydrogen (secondary N) is 1. The fourth-order valence-electron chi connectivity index (χ4n) is 4.76. The Bertz CT molecular complexity index is 1550. The van der Waals surface area contributed by atoms with E-state index in [1.807, 2.05) is 0 Å². The molecule has 0 bridgehead atoms. The average Bonchev–Trinajstić information content (AvgIpc) is 3.14. The molecule has 37 heavy (non-hydrogen) atoms. The van der Waals surface area contributed by atoms with Crippen molar-refractivity contribution in [3.8, 4) is 11.5 Å². The Morgan fingerprint density at radius 1 is 1.16 bits per heavy atom. The van der Waals surface area contributed by atoms with Crippen LogP contribution in [0.5, 0.6) is 11.5 Å². The largest absolute Gasteiger partial charge is 0.507 e. The van der Waals surface area contributed by atoms with Gasteiger partial charge in [0.1, 0.15) is 23.4 Å². The molecule has 12 heteroatoms. The molecular weight excluding hydrogens is 545 g/mol. The maximum absolute atomic E-state index is 13.1. The number of allylic oxidation sites excluding steroid dienone is 1. The van der Waals surface area contributed by atoms with Crippen LogP contribution >= 0.6 is 23.2 Å². The minimum Gasteiger partial charge on any atom is -0.507 e. The molecule has 2 aromatic rings. The summed E-state index contributed by atoms with van der Waals surface area (Å²) >= 11 is 12.5. The van der Waals surface area contributed by atoms with Gasteiger partial charge in [0.2, 0.25) is 0 Å². The first kappa shape index (κ1) is 25.2. The van der Waals surface area contributed by atoms with Crippen molar-refractivity contribution in [3.05, 3.63) is 92.5 Å². The van der Waals surface area contributed by atoms with E-state index >= 15 is 0 Å². The summed E-state index contributed by atoms with van der Waals surface area (Å²) in [7, 11) is -3.51. The summed E-state index contributed by atoms with van der Waals surface area (Å²) in [5, 5.41) is 23.8. The van der Waals surface area contributed by atoms with Crippen molar-refractivity contribution < 1.29 is 37.7 Å². The molecule has 3 atom stereocenters. The SMILES string of the molecule is C=CS(=O)(=O)CCNC(=O)c1ccc2c(c1)C1(OC2=O)c2cc(Cl)c(O)cc2OC2C=C(O)C(Cl)=CC21. The summed E-state index contributed by atoms with van der Waals surface area (Å²) < 4.78 is 35.3. The van der Waals surface area contributed by atoms with Gasteiger partial charge >= 0.3 is 5.97 Å². The third-order valence-electron chi connectivity index (χ3n) is 6.51. The Labute approximate surface area is 221 Å². The van der Waals surface area contributed by atoms with Gasteiger partial charge in [0.25, 0.3) is 5.91 Å². The summed E-state index contributed by atoms with van der Waals surface area (Å²) in [6.45, 7) is 3.09. The van der Waals surface area contributed by atoms with Crippen molar-refractivity contribution in [3.63, 3.8) is 0 Å². The number of carbonyl (C=O) groups is 2. The van der Waals surface area contributed by atoms with Crippen LogP contribution in [0.2, 0.25) is 5.02 Å². The van der Waals surface area contributed by atoms with E-state index in [1.54, 1.807) is 0 Å². The molecule has 2 aromatic carbocycles. The van der Waals surface area contributed by atoms with Gasteiger partial charge in [0, 0.05) is 40.8 Å². The van der Waals surface area contributed by atoms with Crippen molar-refractivity contribution in [2.24, 2.45) is 5.92 Å². The highest BCUT2D eigenvalue weighted by molar-refractivity contribution is 7.94. The lowest BCUT2D eigenvalue weighted by atomic mass is 9.69. The number of hydrogen-bond donors (Lipinski definition) is 3. The predicted molar refractivity (Wildman–Crippen MR) is 135 cm³/mol. The van der Waals surface area contributed by atoms with Gasteiger partial charge < -0.3 is 25.0 Å². The number of hydrogen-bond acceptors (Lipinski definition) is 8. The number of aliphatic hydroxyl groups is 1. The van der Waals surface area contributed by atoms with Crippen LogP contribution in [0.15, 0.2) is 65.3 Å². The van der Waals surface area contributed by atoms with Crippen molar-refractivity contribution in [2.75, 3.05) is 12.3 Å². The van der Waals surface area contributed by atoms with Gasteiger partial charge in [-0.2, -0.15) is 0 Å². The first-order chi connectivity index (χ1) is 17.5. The molecule has 0 saturated heterocycles.